The lowest BCUT2D eigenvalue weighted by Gasteiger charge is -2.06. The van der Waals surface area contributed by atoms with Crippen LogP contribution in [0.3, 0.4) is 0 Å². The first-order chi connectivity index (χ1) is 10.1. The van der Waals surface area contributed by atoms with Crippen LogP contribution in [0.1, 0.15) is 5.56 Å². The average Bonchev–Trinajstić information content (AvgIpc) is 2.47. The van der Waals surface area contributed by atoms with E-state index in [0.29, 0.717) is 11.3 Å². The molecule has 0 radical (unpaired) electrons. The van der Waals surface area contributed by atoms with Crippen LogP contribution >= 0.6 is 0 Å². The smallest absolute Gasteiger partial charge is 0.237 e. The normalized spacial score (nSPS) is 11.4. The summed E-state index contributed by atoms with van der Waals surface area (Å²) >= 11 is 0. The predicted octanol–water partition coefficient (Wildman–Crippen LogP) is 2.44. The zero-order valence-electron chi connectivity index (χ0n) is 10.9. The molecule has 0 saturated heterocycles. The van der Waals surface area contributed by atoms with Gasteiger partial charge in [-0.15, -0.1) is 0 Å². The molecule has 1 N–H and O–H groups in total. The number of nitriles is 1. The lowest BCUT2D eigenvalue weighted by molar-refractivity contribution is -0.113. The maximum absolute atomic E-state index is 13.5. The molecule has 0 aliphatic carbocycles. The molecule has 21 heavy (non-hydrogen) atoms. The SMILES string of the molecule is N#Cc1cccc(NC(=O)CS(=O)c2ccccc2F)c1. The first-order valence-corrected chi connectivity index (χ1v) is 7.35. The molecule has 0 fully saturated rings. The fraction of sp³-hybridized carbons (Fsp3) is 0.0667. The minimum atomic E-state index is -1.76. The van der Waals surface area contributed by atoms with Crippen molar-refractivity contribution >= 4 is 22.4 Å². The van der Waals surface area contributed by atoms with Crippen LogP contribution < -0.4 is 5.32 Å². The Balaban J connectivity index is 2.03. The summed E-state index contributed by atoms with van der Waals surface area (Å²) in [4.78, 5) is 11.8. The first-order valence-electron chi connectivity index (χ1n) is 6.03. The summed E-state index contributed by atoms with van der Waals surface area (Å²) in [5.74, 6) is -1.46. The van der Waals surface area contributed by atoms with Crippen LogP contribution in [-0.4, -0.2) is 15.9 Å². The Bertz CT molecular complexity index is 740. The van der Waals surface area contributed by atoms with Gasteiger partial charge in [-0.1, -0.05) is 18.2 Å². The molecule has 0 heterocycles. The van der Waals surface area contributed by atoms with E-state index < -0.39 is 22.5 Å². The number of nitrogens with one attached hydrogen (secondary N) is 1. The summed E-state index contributed by atoms with van der Waals surface area (Å²) in [7, 11) is -1.76. The van der Waals surface area contributed by atoms with Crippen LogP contribution in [-0.2, 0) is 15.6 Å². The van der Waals surface area contributed by atoms with Gasteiger partial charge >= 0.3 is 0 Å². The summed E-state index contributed by atoms with van der Waals surface area (Å²) in [5.41, 5.74) is 0.840. The van der Waals surface area contributed by atoms with Gasteiger partial charge in [0.25, 0.3) is 0 Å². The van der Waals surface area contributed by atoms with Crippen molar-refractivity contribution in [2.45, 2.75) is 4.90 Å². The highest BCUT2D eigenvalue weighted by molar-refractivity contribution is 7.85. The predicted molar refractivity (Wildman–Crippen MR) is 77.5 cm³/mol. The number of rotatable bonds is 4. The molecule has 1 unspecified atom stereocenters. The van der Waals surface area contributed by atoms with Crippen LogP contribution in [0.15, 0.2) is 53.4 Å². The Morgan fingerprint density at radius 3 is 2.71 bits per heavy atom. The van der Waals surface area contributed by atoms with E-state index in [1.54, 1.807) is 24.3 Å². The summed E-state index contributed by atoms with van der Waals surface area (Å²) in [6.45, 7) is 0. The quantitative estimate of drug-likeness (QED) is 0.943. The van der Waals surface area contributed by atoms with Crippen LogP contribution in [0, 0.1) is 17.1 Å². The fourth-order valence-corrected chi connectivity index (χ4v) is 2.67. The first kappa shape index (κ1) is 14.9. The number of benzene rings is 2. The van der Waals surface area contributed by atoms with Gasteiger partial charge in [0.15, 0.2) is 0 Å². The summed E-state index contributed by atoms with van der Waals surface area (Å²) in [6, 6.07) is 13.9. The molecular formula is C15H11FN2O2S. The highest BCUT2D eigenvalue weighted by Gasteiger charge is 2.14. The maximum atomic E-state index is 13.5. The van der Waals surface area contributed by atoms with Gasteiger partial charge in [0.2, 0.25) is 5.91 Å². The number of carbonyl (C=O) groups is 1. The molecule has 106 valence electrons. The second kappa shape index (κ2) is 6.77. The van der Waals surface area contributed by atoms with Crippen LogP contribution in [0.5, 0.6) is 0 Å². The van der Waals surface area contributed by atoms with E-state index in [9.17, 15) is 13.4 Å². The number of carbonyl (C=O) groups excluding carboxylic acids is 1. The van der Waals surface area contributed by atoms with E-state index in [4.69, 9.17) is 5.26 Å². The third-order valence-electron chi connectivity index (χ3n) is 2.62. The Kier molecular flexibility index (Phi) is 4.80. The van der Waals surface area contributed by atoms with Crippen molar-refractivity contribution in [1.29, 1.82) is 5.26 Å². The van der Waals surface area contributed by atoms with Gasteiger partial charge in [-0.3, -0.25) is 9.00 Å². The summed E-state index contributed by atoms with van der Waals surface area (Å²) in [6.07, 6.45) is 0. The van der Waals surface area contributed by atoms with Crippen LogP contribution in [0.4, 0.5) is 10.1 Å². The lowest BCUT2D eigenvalue weighted by Crippen LogP contribution is -2.20. The molecule has 0 aliphatic heterocycles. The lowest BCUT2D eigenvalue weighted by atomic mass is 10.2. The molecule has 0 aliphatic rings. The van der Waals surface area contributed by atoms with E-state index in [2.05, 4.69) is 5.32 Å². The van der Waals surface area contributed by atoms with E-state index in [1.165, 1.54) is 24.3 Å². The number of anilines is 1. The molecule has 2 aromatic carbocycles. The van der Waals surface area contributed by atoms with Crippen molar-refractivity contribution in [2.24, 2.45) is 0 Å². The molecule has 0 aromatic heterocycles. The van der Waals surface area contributed by atoms with Crippen molar-refractivity contribution in [3.8, 4) is 6.07 Å². The van der Waals surface area contributed by atoms with Gasteiger partial charge in [-0.25, -0.2) is 4.39 Å². The third kappa shape index (κ3) is 3.97. The highest BCUT2D eigenvalue weighted by atomic mass is 32.2. The van der Waals surface area contributed by atoms with E-state index >= 15 is 0 Å². The second-order valence-electron chi connectivity index (χ2n) is 4.16. The molecule has 0 spiro atoms. The molecule has 2 aromatic rings. The zero-order chi connectivity index (χ0) is 15.2. The number of halogens is 1. The minimum Gasteiger partial charge on any atom is -0.325 e. The average molecular weight is 302 g/mol. The van der Waals surface area contributed by atoms with Gasteiger partial charge in [0.05, 0.1) is 27.3 Å². The Labute approximate surface area is 123 Å². The number of hydrogen-bond donors (Lipinski definition) is 1. The van der Waals surface area contributed by atoms with Gasteiger partial charge in [-0.2, -0.15) is 5.26 Å². The molecule has 0 saturated carbocycles. The number of nitrogens with zero attached hydrogens (tertiary/aromatic N) is 1. The topological polar surface area (TPSA) is 70.0 Å². The van der Waals surface area contributed by atoms with E-state index in [0.717, 1.165) is 0 Å². The largest absolute Gasteiger partial charge is 0.325 e. The fourth-order valence-electron chi connectivity index (χ4n) is 1.69. The van der Waals surface area contributed by atoms with Crippen molar-refractivity contribution in [2.75, 3.05) is 11.1 Å². The molecule has 1 atom stereocenters. The summed E-state index contributed by atoms with van der Waals surface area (Å²) in [5, 5.41) is 11.3. The van der Waals surface area contributed by atoms with Crippen molar-refractivity contribution < 1.29 is 13.4 Å². The Morgan fingerprint density at radius 1 is 1.24 bits per heavy atom. The molecule has 1 amide bonds. The second-order valence-corrected chi connectivity index (χ2v) is 5.58. The van der Waals surface area contributed by atoms with Crippen LogP contribution in [0.25, 0.3) is 0 Å². The number of amides is 1. The molecule has 2 rings (SSSR count). The van der Waals surface area contributed by atoms with E-state index in [1.807, 2.05) is 6.07 Å². The van der Waals surface area contributed by atoms with Crippen molar-refractivity contribution in [3.05, 3.63) is 59.9 Å². The highest BCUT2D eigenvalue weighted by Crippen LogP contribution is 2.13. The standard InChI is InChI=1S/C15H11FN2O2S/c16-13-6-1-2-7-14(13)21(20)10-15(19)18-12-5-3-4-11(8-12)9-17/h1-8H,10H2,(H,18,19). The van der Waals surface area contributed by atoms with Gasteiger partial charge in [-0.05, 0) is 30.3 Å². The van der Waals surface area contributed by atoms with Crippen molar-refractivity contribution in [1.82, 2.24) is 0 Å². The summed E-state index contributed by atoms with van der Waals surface area (Å²) < 4.78 is 25.4. The van der Waals surface area contributed by atoms with Crippen LogP contribution in [0.2, 0.25) is 0 Å². The molecular weight excluding hydrogens is 291 g/mol. The Morgan fingerprint density at radius 2 is 2.00 bits per heavy atom. The third-order valence-corrected chi connectivity index (χ3v) is 3.97. The maximum Gasteiger partial charge on any atom is 0.237 e. The van der Waals surface area contributed by atoms with Gasteiger partial charge < -0.3 is 5.32 Å². The van der Waals surface area contributed by atoms with E-state index in [-0.39, 0.29) is 10.6 Å². The monoisotopic (exact) mass is 302 g/mol. The molecule has 4 nitrogen and oxygen atoms in total. The number of hydrogen-bond acceptors (Lipinski definition) is 3. The Hall–Kier alpha value is -2.52. The molecule has 6 heteroatoms. The van der Waals surface area contributed by atoms with Gasteiger partial charge in [0, 0.05) is 5.69 Å². The minimum absolute atomic E-state index is 0.00146. The zero-order valence-corrected chi connectivity index (χ0v) is 11.7. The molecule has 0 bridgehead atoms. The van der Waals surface area contributed by atoms with Crippen molar-refractivity contribution in [3.63, 3.8) is 0 Å². The van der Waals surface area contributed by atoms with Gasteiger partial charge in [0.1, 0.15) is 11.6 Å².